The van der Waals surface area contributed by atoms with Crippen LogP contribution >= 0.6 is 0 Å². The molecule has 0 saturated heterocycles. The lowest BCUT2D eigenvalue weighted by atomic mass is 10.0. The summed E-state index contributed by atoms with van der Waals surface area (Å²) < 4.78 is 2.09. The molecule has 0 atom stereocenters. The second-order valence-corrected chi connectivity index (χ2v) is 7.11. The lowest BCUT2D eigenvalue weighted by Crippen LogP contribution is -2.28. The average Bonchev–Trinajstić information content (AvgIpc) is 2.67. The number of hydrogen-bond donors (Lipinski definition) is 1. The molecule has 0 aliphatic heterocycles. The summed E-state index contributed by atoms with van der Waals surface area (Å²) in [7, 11) is 0. The maximum absolute atomic E-state index is 13.0. The number of anilines is 1. The number of aromatic nitrogens is 1. The van der Waals surface area contributed by atoms with Crippen LogP contribution in [0.1, 0.15) is 46.2 Å². The highest BCUT2D eigenvalue weighted by Gasteiger charge is 2.20. The lowest BCUT2D eigenvalue weighted by molar-refractivity contribution is 0.102. The Labute approximate surface area is 165 Å². The van der Waals surface area contributed by atoms with Gasteiger partial charge in [-0.2, -0.15) is 0 Å². The molecule has 0 saturated carbocycles. The highest BCUT2D eigenvalue weighted by atomic mass is 16.2. The van der Waals surface area contributed by atoms with Crippen LogP contribution in [0, 0.1) is 13.8 Å². The van der Waals surface area contributed by atoms with E-state index in [1.807, 2.05) is 37.3 Å². The van der Waals surface area contributed by atoms with Crippen LogP contribution in [0.2, 0.25) is 0 Å². The van der Waals surface area contributed by atoms with Crippen LogP contribution in [-0.2, 0) is 13.0 Å². The Morgan fingerprint density at radius 3 is 2.32 bits per heavy atom. The second-order valence-electron chi connectivity index (χ2n) is 7.11. The van der Waals surface area contributed by atoms with E-state index in [9.17, 15) is 9.59 Å². The minimum Gasteiger partial charge on any atom is -0.343 e. The van der Waals surface area contributed by atoms with Gasteiger partial charge in [-0.25, -0.2) is 0 Å². The Morgan fingerprint density at radius 2 is 1.68 bits per heavy atom. The molecule has 0 spiro atoms. The van der Waals surface area contributed by atoms with Gasteiger partial charge in [0.25, 0.3) is 5.91 Å². The van der Waals surface area contributed by atoms with Crippen molar-refractivity contribution in [1.82, 2.24) is 4.57 Å². The standard InChI is InChI=1S/C24H26N2O2/c1-4-8-21-23(24(28)25-20-9-6-5-7-10-20)22(27)15-18(3)26(21)16-19-13-11-17(2)12-14-19/h5-7,9-15H,4,8,16H2,1-3H3,(H,25,28). The van der Waals surface area contributed by atoms with Gasteiger partial charge in [-0.15, -0.1) is 0 Å². The number of nitrogens with one attached hydrogen (secondary N) is 1. The number of hydrogen-bond acceptors (Lipinski definition) is 2. The number of carbonyl (C=O) groups is 1. The van der Waals surface area contributed by atoms with Gasteiger partial charge in [0.1, 0.15) is 5.56 Å². The molecule has 1 N–H and O–H groups in total. The minimum absolute atomic E-state index is 0.227. The fourth-order valence-corrected chi connectivity index (χ4v) is 3.38. The molecule has 0 aliphatic rings. The second kappa shape index (κ2) is 8.70. The molecule has 28 heavy (non-hydrogen) atoms. The van der Waals surface area contributed by atoms with Crippen molar-refractivity contribution in [1.29, 1.82) is 0 Å². The molecule has 4 heteroatoms. The van der Waals surface area contributed by atoms with Crippen LogP contribution in [0.5, 0.6) is 0 Å². The number of para-hydroxylation sites is 1. The third-order valence-corrected chi connectivity index (χ3v) is 4.83. The van der Waals surface area contributed by atoms with E-state index in [1.165, 1.54) is 5.56 Å². The fraction of sp³-hybridized carbons (Fsp3) is 0.250. The zero-order valence-corrected chi connectivity index (χ0v) is 16.7. The summed E-state index contributed by atoms with van der Waals surface area (Å²) in [6, 6.07) is 19.1. The van der Waals surface area contributed by atoms with Crippen LogP contribution in [0.15, 0.2) is 65.5 Å². The van der Waals surface area contributed by atoms with Crippen LogP contribution in [-0.4, -0.2) is 10.5 Å². The van der Waals surface area contributed by atoms with E-state index in [1.54, 1.807) is 6.07 Å². The maximum Gasteiger partial charge on any atom is 0.261 e. The smallest absolute Gasteiger partial charge is 0.261 e. The molecule has 1 aromatic heterocycles. The third-order valence-electron chi connectivity index (χ3n) is 4.83. The highest BCUT2D eigenvalue weighted by Crippen LogP contribution is 2.17. The van der Waals surface area contributed by atoms with Crippen molar-refractivity contribution in [3.63, 3.8) is 0 Å². The van der Waals surface area contributed by atoms with E-state index < -0.39 is 0 Å². The molecule has 1 heterocycles. The Balaban J connectivity index is 2.04. The van der Waals surface area contributed by atoms with Crippen molar-refractivity contribution in [3.8, 4) is 0 Å². The quantitative estimate of drug-likeness (QED) is 0.679. The molecule has 3 rings (SSSR count). The number of pyridine rings is 1. The van der Waals surface area contributed by atoms with E-state index in [4.69, 9.17) is 0 Å². The number of rotatable bonds is 6. The third kappa shape index (κ3) is 4.39. The van der Waals surface area contributed by atoms with Gasteiger partial charge in [-0.3, -0.25) is 9.59 Å². The molecule has 0 unspecified atom stereocenters. The molecule has 0 radical (unpaired) electrons. The predicted molar refractivity (Wildman–Crippen MR) is 114 cm³/mol. The summed E-state index contributed by atoms with van der Waals surface area (Å²) in [5, 5.41) is 2.86. The number of benzene rings is 2. The molecule has 3 aromatic rings. The summed E-state index contributed by atoms with van der Waals surface area (Å²) in [6.45, 7) is 6.67. The minimum atomic E-state index is -0.350. The first-order chi connectivity index (χ1) is 13.5. The van der Waals surface area contributed by atoms with Crippen LogP contribution in [0.4, 0.5) is 5.69 Å². The normalized spacial score (nSPS) is 10.7. The topological polar surface area (TPSA) is 51.1 Å². The average molecular weight is 374 g/mol. The fourth-order valence-electron chi connectivity index (χ4n) is 3.38. The van der Waals surface area contributed by atoms with Crippen molar-refractivity contribution in [3.05, 3.63) is 99.0 Å². The van der Waals surface area contributed by atoms with Gasteiger partial charge in [0, 0.05) is 29.7 Å². The van der Waals surface area contributed by atoms with Crippen LogP contribution in [0.25, 0.3) is 0 Å². The number of nitrogens with zero attached hydrogens (tertiary/aromatic N) is 1. The highest BCUT2D eigenvalue weighted by molar-refractivity contribution is 6.05. The van der Waals surface area contributed by atoms with Gasteiger partial charge in [0.2, 0.25) is 0 Å². The molecular formula is C24H26N2O2. The molecule has 1 amide bonds. The van der Waals surface area contributed by atoms with Crippen molar-refractivity contribution in [2.75, 3.05) is 5.32 Å². The Hall–Kier alpha value is -3.14. The molecule has 0 aliphatic carbocycles. The SMILES string of the molecule is CCCc1c(C(=O)Nc2ccccc2)c(=O)cc(C)n1Cc1ccc(C)cc1. The zero-order chi connectivity index (χ0) is 20.1. The predicted octanol–water partition coefficient (Wildman–Crippen LogP) is 4.72. The van der Waals surface area contributed by atoms with Crippen LogP contribution < -0.4 is 10.7 Å². The van der Waals surface area contributed by atoms with Crippen LogP contribution in [0.3, 0.4) is 0 Å². The van der Waals surface area contributed by atoms with Crippen molar-refractivity contribution < 1.29 is 4.79 Å². The zero-order valence-electron chi connectivity index (χ0n) is 16.7. The molecule has 4 nitrogen and oxygen atoms in total. The summed E-state index contributed by atoms with van der Waals surface area (Å²) in [6.07, 6.45) is 1.52. The first kappa shape index (κ1) is 19.6. The lowest BCUT2D eigenvalue weighted by Gasteiger charge is -2.20. The first-order valence-corrected chi connectivity index (χ1v) is 9.65. The number of amides is 1. The Morgan fingerprint density at radius 1 is 1.00 bits per heavy atom. The molecule has 144 valence electrons. The van der Waals surface area contributed by atoms with E-state index in [2.05, 4.69) is 48.0 Å². The number of aryl methyl sites for hydroxylation is 2. The monoisotopic (exact) mass is 374 g/mol. The maximum atomic E-state index is 13.0. The van der Waals surface area contributed by atoms with Gasteiger partial charge in [0.05, 0.1) is 0 Å². The van der Waals surface area contributed by atoms with Gasteiger partial charge in [-0.1, -0.05) is 61.4 Å². The van der Waals surface area contributed by atoms with Crippen molar-refractivity contribution in [2.45, 2.75) is 40.2 Å². The molecule has 2 aromatic carbocycles. The van der Waals surface area contributed by atoms with E-state index >= 15 is 0 Å². The molecule has 0 bridgehead atoms. The van der Waals surface area contributed by atoms with Crippen molar-refractivity contribution in [2.24, 2.45) is 0 Å². The van der Waals surface area contributed by atoms with E-state index in [0.717, 1.165) is 23.4 Å². The summed E-state index contributed by atoms with van der Waals surface area (Å²) in [5.74, 6) is -0.350. The van der Waals surface area contributed by atoms with Gasteiger partial charge >= 0.3 is 0 Å². The van der Waals surface area contributed by atoms with E-state index in [-0.39, 0.29) is 16.9 Å². The Bertz CT molecular complexity index is 1020. The summed E-state index contributed by atoms with van der Waals surface area (Å²) >= 11 is 0. The number of carbonyl (C=O) groups excluding carboxylic acids is 1. The largest absolute Gasteiger partial charge is 0.343 e. The van der Waals surface area contributed by atoms with Gasteiger partial charge < -0.3 is 9.88 Å². The van der Waals surface area contributed by atoms with Gasteiger partial charge in [-0.05, 0) is 38.0 Å². The molecular weight excluding hydrogens is 348 g/mol. The summed E-state index contributed by atoms with van der Waals surface area (Å²) in [5.41, 5.74) is 4.70. The van der Waals surface area contributed by atoms with E-state index in [0.29, 0.717) is 18.7 Å². The Kier molecular flexibility index (Phi) is 6.09. The van der Waals surface area contributed by atoms with Crippen molar-refractivity contribution >= 4 is 11.6 Å². The molecule has 0 fully saturated rings. The first-order valence-electron chi connectivity index (χ1n) is 9.65. The summed E-state index contributed by atoms with van der Waals surface area (Å²) in [4.78, 5) is 25.7. The van der Waals surface area contributed by atoms with Gasteiger partial charge in [0.15, 0.2) is 5.43 Å².